The van der Waals surface area contributed by atoms with Crippen molar-refractivity contribution in [3.8, 4) is 45.1 Å². The number of ether oxygens (including phenoxy) is 1. The average molecular weight is 775 g/mol. The molecule has 3 nitrogen and oxygen atoms in total. The SMILES string of the molecule is [2H]C([2H])([2H])c1c[c-]c(-c2ccc(C(C)(C)C)cn2)cc1.[2H]C1(c2ccc3c(c2)Oc2ccc[c-]c2-c2ncccc2-3)CCC(C)(C)CC1.[Ir]. The van der Waals surface area contributed by atoms with E-state index >= 15 is 0 Å². The number of pyridine rings is 2. The van der Waals surface area contributed by atoms with E-state index in [0.29, 0.717) is 11.0 Å². The third-order valence-electron chi connectivity index (χ3n) is 8.69. The molecule has 1 fully saturated rings. The Morgan fingerprint density at radius 1 is 0.911 bits per heavy atom. The number of rotatable bonds is 2. The van der Waals surface area contributed by atoms with Crippen molar-refractivity contribution in [3.63, 3.8) is 0 Å². The van der Waals surface area contributed by atoms with Gasteiger partial charge >= 0.3 is 0 Å². The van der Waals surface area contributed by atoms with Gasteiger partial charge in [-0.1, -0.05) is 77.4 Å². The van der Waals surface area contributed by atoms with Gasteiger partial charge in [0.25, 0.3) is 0 Å². The predicted octanol–water partition coefficient (Wildman–Crippen LogP) is 11.2. The Balaban J connectivity index is 0.000000199. The summed E-state index contributed by atoms with van der Waals surface area (Å²) in [4.78, 5) is 9.05. The van der Waals surface area contributed by atoms with Crippen LogP contribution in [0.2, 0.25) is 0 Å². The quantitative estimate of drug-likeness (QED) is 0.164. The molecule has 0 unspecified atom stereocenters. The van der Waals surface area contributed by atoms with E-state index in [-0.39, 0.29) is 25.5 Å². The summed E-state index contributed by atoms with van der Waals surface area (Å²) in [6.07, 6.45) is 7.62. The third kappa shape index (κ3) is 7.46. The first-order chi connectivity index (χ1) is 22.6. The molecule has 0 bridgehead atoms. The van der Waals surface area contributed by atoms with E-state index in [9.17, 15) is 0 Å². The fourth-order valence-electron chi connectivity index (χ4n) is 5.78. The van der Waals surface area contributed by atoms with Crippen LogP contribution in [0.15, 0.2) is 91.3 Å². The van der Waals surface area contributed by atoms with E-state index in [1.807, 2.05) is 48.8 Å². The molecule has 1 radical (unpaired) electrons. The number of fused-ring (bicyclic) bond motifs is 5. The maximum Gasteiger partial charge on any atom is 0.121 e. The molecule has 0 N–H and O–H groups in total. The minimum absolute atomic E-state index is 0. The molecule has 2 aromatic heterocycles. The zero-order valence-corrected chi connectivity index (χ0v) is 29.0. The number of hydrogen-bond donors (Lipinski definition) is 0. The second kappa shape index (κ2) is 13.4. The molecule has 233 valence electrons. The minimum atomic E-state index is -2.08. The number of hydrogen-bond acceptors (Lipinski definition) is 3. The summed E-state index contributed by atoms with van der Waals surface area (Å²) in [5.41, 5.74) is 8.38. The summed E-state index contributed by atoms with van der Waals surface area (Å²) in [7, 11) is 0. The van der Waals surface area contributed by atoms with Gasteiger partial charge in [0.15, 0.2) is 0 Å². The van der Waals surface area contributed by atoms with Crippen LogP contribution in [0, 0.1) is 24.4 Å². The van der Waals surface area contributed by atoms with Crippen molar-refractivity contribution in [2.75, 3.05) is 0 Å². The summed E-state index contributed by atoms with van der Waals surface area (Å²) >= 11 is 0. The molecule has 7 rings (SSSR count). The van der Waals surface area contributed by atoms with Gasteiger partial charge in [-0.15, -0.1) is 59.7 Å². The number of benzene rings is 3. The summed E-state index contributed by atoms with van der Waals surface area (Å²) in [5, 5.41) is 0. The second-order valence-electron chi connectivity index (χ2n) is 13.6. The molecule has 0 atom stereocenters. The standard InChI is InChI=1S/C25H24NO.C16H18N.Ir/c1-25(2)13-11-17(12-14-25)18-9-10-19-20-7-5-15-26-24(20)21-6-3-4-8-22(21)27-23(19)16-18;1-12-5-7-13(8-6-12)15-10-9-14(11-17-15)16(2,3)4;/h3-5,7-10,15-17H,11-14H2,1-2H3;5-7,9-11H,1-4H3;/q2*-1;/i17D;1D3;. The predicted molar refractivity (Wildman–Crippen MR) is 181 cm³/mol. The van der Waals surface area contributed by atoms with Gasteiger partial charge in [-0.25, -0.2) is 0 Å². The van der Waals surface area contributed by atoms with Gasteiger partial charge in [0.05, 0.1) is 0 Å². The second-order valence-corrected chi connectivity index (χ2v) is 13.6. The van der Waals surface area contributed by atoms with E-state index < -0.39 is 12.7 Å². The smallest absolute Gasteiger partial charge is 0.121 e. The van der Waals surface area contributed by atoms with Crippen molar-refractivity contribution in [1.82, 2.24) is 9.97 Å². The molecule has 2 aliphatic rings. The van der Waals surface area contributed by atoms with E-state index in [2.05, 4.69) is 81.0 Å². The van der Waals surface area contributed by atoms with E-state index in [4.69, 9.17) is 10.2 Å². The third-order valence-corrected chi connectivity index (χ3v) is 8.69. The summed E-state index contributed by atoms with van der Waals surface area (Å²) < 4.78 is 37.5. The summed E-state index contributed by atoms with van der Waals surface area (Å²) in [6, 6.07) is 31.3. The van der Waals surface area contributed by atoms with E-state index in [1.165, 1.54) is 11.6 Å². The van der Waals surface area contributed by atoms with Crippen LogP contribution >= 0.6 is 0 Å². The van der Waals surface area contributed by atoms with E-state index in [0.717, 1.165) is 76.4 Å². The molecule has 1 aliphatic carbocycles. The first-order valence-electron chi connectivity index (χ1n) is 17.4. The van der Waals surface area contributed by atoms with Crippen molar-refractivity contribution >= 4 is 0 Å². The Kier molecular flexibility index (Phi) is 8.25. The molecule has 3 aromatic carbocycles. The van der Waals surface area contributed by atoms with Crippen molar-refractivity contribution in [1.29, 1.82) is 0 Å². The molecule has 0 amide bonds. The molecular weight excluding hydrogens is 729 g/mol. The molecule has 4 heteroatoms. The van der Waals surface area contributed by atoms with Crippen LogP contribution in [0.4, 0.5) is 0 Å². The van der Waals surface area contributed by atoms with Crippen molar-refractivity contribution in [2.45, 2.75) is 78.5 Å². The Hall–Kier alpha value is -3.59. The van der Waals surface area contributed by atoms with Crippen molar-refractivity contribution in [2.24, 2.45) is 5.41 Å². The van der Waals surface area contributed by atoms with Crippen LogP contribution in [0.1, 0.15) is 88.4 Å². The molecular formula is C41H42IrN2O-2. The Morgan fingerprint density at radius 2 is 1.73 bits per heavy atom. The van der Waals surface area contributed by atoms with Crippen LogP contribution in [-0.2, 0) is 25.5 Å². The molecule has 1 saturated carbocycles. The number of nitrogens with zero attached hydrogens (tertiary/aromatic N) is 2. The average Bonchev–Trinajstić information content (AvgIpc) is 3.20. The fraction of sp³-hybridized carbons (Fsp3) is 0.317. The fourth-order valence-corrected chi connectivity index (χ4v) is 5.78. The largest absolute Gasteiger partial charge is 0.501 e. The Labute approximate surface area is 288 Å². The first kappa shape index (κ1) is 27.7. The van der Waals surface area contributed by atoms with Crippen molar-refractivity contribution < 1.29 is 30.3 Å². The van der Waals surface area contributed by atoms with Crippen LogP contribution in [0.25, 0.3) is 33.6 Å². The van der Waals surface area contributed by atoms with Crippen LogP contribution in [0.5, 0.6) is 11.5 Å². The van der Waals surface area contributed by atoms with Gasteiger partial charge in [0.2, 0.25) is 0 Å². The maximum atomic E-state index is 9.13. The Bertz CT molecular complexity index is 1850. The monoisotopic (exact) mass is 775 g/mol. The zero-order chi connectivity index (χ0) is 34.3. The zero-order valence-electron chi connectivity index (χ0n) is 30.6. The van der Waals surface area contributed by atoms with Crippen LogP contribution < -0.4 is 4.74 Å². The minimum Gasteiger partial charge on any atom is -0.501 e. The van der Waals surface area contributed by atoms with Crippen LogP contribution in [-0.4, -0.2) is 9.97 Å². The van der Waals surface area contributed by atoms with Crippen LogP contribution in [0.3, 0.4) is 0 Å². The first-order valence-corrected chi connectivity index (χ1v) is 15.4. The molecule has 0 spiro atoms. The van der Waals surface area contributed by atoms with Gasteiger partial charge in [0.1, 0.15) is 5.75 Å². The number of aryl methyl sites for hydroxylation is 1. The number of aromatic nitrogens is 2. The van der Waals surface area contributed by atoms with Gasteiger partial charge in [-0.05, 0) is 82.6 Å². The molecule has 45 heavy (non-hydrogen) atoms. The summed E-state index contributed by atoms with van der Waals surface area (Å²) in [5.74, 6) is 1.03. The van der Waals surface area contributed by atoms with Gasteiger partial charge in [-0.3, -0.25) is 0 Å². The van der Waals surface area contributed by atoms with Gasteiger partial charge in [-0.2, -0.15) is 0 Å². The topological polar surface area (TPSA) is 35.0 Å². The van der Waals surface area contributed by atoms with Gasteiger partial charge in [0, 0.05) is 49.3 Å². The molecule has 1 aliphatic heterocycles. The molecule has 3 heterocycles. The maximum absolute atomic E-state index is 9.13. The normalized spacial score (nSPS) is 17.4. The molecule has 5 aromatic rings. The Morgan fingerprint density at radius 3 is 2.42 bits per heavy atom. The summed E-state index contributed by atoms with van der Waals surface area (Å²) in [6.45, 7) is 8.95. The van der Waals surface area contributed by atoms with E-state index in [1.54, 1.807) is 12.1 Å². The van der Waals surface area contributed by atoms with Gasteiger partial charge < -0.3 is 14.7 Å². The molecule has 0 saturated heterocycles. The van der Waals surface area contributed by atoms with Crippen molar-refractivity contribution in [3.05, 3.63) is 120 Å².